The first-order chi connectivity index (χ1) is 7.38. The topological polar surface area (TPSA) is 54.0 Å². The lowest BCUT2D eigenvalue weighted by atomic mass is 9.91. The summed E-state index contributed by atoms with van der Waals surface area (Å²) in [4.78, 5) is 16.2. The van der Waals surface area contributed by atoms with Crippen molar-refractivity contribution in [3.63, 3.8) is 0 Å². The van der Waals surface area contributed by atoms with Gasteiger partial charge in [-0.2, -0.15) is 0 Å². The third-order valence-electron chi connectivity index (χ3n) is 2.61. The third-order valence-corrected chi connectivity index (χ3v) is 2.61. The highest BCUT2D eigenvalue weighted by molar-refractivity contribution is 6.17. The van der Waals surface area contributed by atoms with Crippen LogP contribution in [-0.2, 0) is 5.41 Å². The number of pyridine rings is 1. The van der Waals surface area contributed by atoms with Crippen LogP contribution in [0.5, 0.6) is 0 Å². The van der Waals surface area contributed by atoms with E-state index < -0.39 is 0 Å². The van der Waals surface area contributed by atoms with Gasteiger partial charge in [-0.3, -0.25) is 4.79 Å². The predicted molar refractivity (Wildman–Crippen MR) is 66.4 cm³/mol. The highest BCUT2D eigenvalue weighted by Gasteiger charge is 2.24. The van der Waals surface area contributed by atoms with E-state index in [-0.39, 0.29) is 17.4 Å². The van der Waals surface area contributed by atoms with E-state index in [0.717, 1.165) is 5.69 Å². The summed E-state index contributed by atoms with van der Waals surface area (Å²) in [5, 5.41) is 5.96. The standard InChI is InChI=1S/C11H16BN3O/c1-11(2,3)7-5-4-6-8(13-7)14-10(12)15-9(6)16/h4-5,10H,12H2,1-3H3,(H,13,14)(H,15,16). The maximum atomic E-state index is 11.7. The Balaban J connectivity index is 2.46. The SMILES string of the molecule is BC1NC(=O)c2ccc(C(C)(C)C)nc2N1. The first kappa shape index (κ1) is 11.0. The first-order valence-electron chi connectivity index (χ1n) is 5.47. The van der Waals surface area contributed by atoms with E-state index in [9.17, 15) is 4.79 Å². The number of amides is 1. The molecule has 84 valence electrons. The molecule has 1 atom stereocenters. The molecule has 1 aliphatic rings. The molecular weight excluding hydrogens is 201 g/mol. The molecule has 2 rings (SSSR count). The largest absolute Gasteiger partial charge is 0.358 e. The van der Waals surface area contributed by atoms with Gasteiger partial charge in [-0.1, -0.05) is 20.8 Å². The van der Waals surface area contributed by atoms with Crippen LogP contribution in [0.15, 0.2) is 12.1 Å². The van der Waals surface area contributed by atoms with Crippen LogP contribution in [0.25, 0.3) is 0 Å². The van der Waals surface area contributed by atoms with E-state index >= 15 is 0 Å². The smallest absolute Gasteiger partial charge is 0.256 e. The van der Waals surface area contributed by atoms with Gasteiger partial charge in [-0.15, -0.1) is 0 Å². The van der Waals surface area contributed by atoms with Crippen LogP contribution in [0.3, 0.4) is 0 Å². The summed E-state index contributed by atoms with van der Waals surface area (Å²) >= 11 is 0. The molecule has 1 amide bonds. The molecule has 1 aromatic heterocycles. The summed E-state index contributed by atoms with van der Waals surface area (Å²) in [6, 6.07) is 3.68. The average molecular weight is 217 g/mol. The average Bonchev–Trinajstić information content (AvgIpc) is 2.15. The molecule has 0 aliphatic carbocycles. The maximum absolute atomic E-state index is 11.7. The van der Waals surface area contributed by atoms with Crippen LogP contribution in [0, 0.1) is 0 Å². The van der Waals surface area contributed by atoms with Crippen molar-refractivity contribution in [3.8, 4) is 0 Å². The number of carbonyl (C=O) groups excluding carboxylic acids is 1. The fourth-order valence-corrected chi connectivity index (χ4v) is 1.69. The van der Waals surface area contributed by atoms with Gasteiger partial charge in [-0.05, 0) is 12.1 Å². The summed E-state index contributed by atoms with van der Waals surface area (Å²) < 4.78 is 0. The van der Waals surface area contributed by atoms with Gasteiger partial charge in [0, 0.05) is 11.1 Å². The van der Waals surface area contributed by atoms with Gasteiger partial charge in [0.1, 0.15) is 5.82 Å². The number of anilines is 1. The zero-order valence-corrected chi connectivity index (χ0v) is 10.1. The molecule has 0 spiro atoms. The van der Waals surface area contributed by atoms with Crippen LogP contribution in [0.1, 0.15) is 36.8 Å². The van der Waals surface area contributed by atoms with Crippen LogP contribution < -0.4 is 10.6 Å². The predicted octanol–water partition coefficient (Wildman–Crippen LogP) is 0.451. The highest BCUT2D eigenvalue weighted by Crippen LogP contribution is 2.25. The number of rotatable bonds is 0. The fourth-order valence-electron chi connectivity index (χ4n) is 1.69. The fraction of sp³-hybridized carbons (Fsp3) is 0.455. The second-order valence-corrected chi connectivity index (χ2v) is 5.18. The van der Waals surface area contributed by atoms with Crippen molar-refractivity contribution in [1.82, 2.24) is 10.3 Å². The maximum Gasteiger partial charge on any atom is 0.256 e. The van der Waals surface area contributed by atoms with Crippen molar-refractivity contribution in [2.45, 2.75) is 32.3 Å². The normalized spacial score (nSPS) is 19.7. The third kappa shape index (κ3) is 1.89. The Morgan fingerprint density at radius 2 is 2.00 bits per heavy atom. The first-order valence-corrected chi connectivity index (χ1v) is 5.47. The summed E-state index contributed by atoms with van der Waals surface area (Å²) in [7, 11) is 1.90. The molecule has 16 heavy (non-hydrogen) atoms. The molecule has 0 aromatic carbocycles. The van der Waals surface area contributed by atoms with Gasteiger partial charge in [0.05, 0.1) is 11.6 Å². The van der Waals surface area contributed by atoms with Crippen molar-refractivity contribution in [2.75, 3.05) is 5.32 Å². The van der Waals surface area contributed by atoms with Crippen LogP contribution >= 0.6 is 0 Å². The summed E-state index contributed by atoms with van der Waals surface area (Å²) in [5.41, 5.74) is 1.60. The minimum Gasteiger partial charge on any atom is -0.358 e. The molecule has 1 aliphatic heterocycles. The van der Waals surface area contributed by atoms with Crippen LogP contribution in [-0.4, -0.2) is 24.8 Å². The molecule has 0 saturated carbocycles. The molecule has 2 N–H and O–H groups in total. The van der Waals surface area contributed by atoms with E-state index in [1.165, 1.54) is 0 Å². The van der Waals surface area contributed by atoms with Crippen molar-refractivity contribution in [3.05, 3.63) is 23.4 Å². The zero-order valence-electron chi connectivity index (χ0n) is 10.1. The number of hydrogen-bond donors (Lipinski definition) is 2. The number of nitrogens with one attached hydrogen (secondary N) is 2. The van der Waals surface area contributed by atoms with Crippen molar-refractivity contribution in [1.29, 1.82) is 0 Å². The van der Waals surface area contributed by atoms with Crippen LogP contribution in [0.4, 0.5) is 5.82 Å². The van der Waals surface area contributed by atoms with E-state index in [1.807, 2.05) is 20.0 Å². The van der Waals surface area contributed by atoms with Crippen molar-refractivity contribution >= 4 is 19.6 Å². The number of nitrogens with zero attached hydrogens (tertiary/aromatic N) is 1. The van der Waals surface area contributed by atoms with E-state index in [0.29, 0.717) is 11.4 Å². The van der Waals surface area contributed by atoms with Crippen LogP contribution in [0.2, 0.25) is 0 Å². The second kappa shape index (κ2) is 3.51. The minimum atomic E-state index is -0.0669. The summed E-state index contributed by atoms with van der Waals surface area (Å²) in [5.74, 6) is 0.623. The molecule has 1 unspecified atom stereocenters. The van der Waals surface area contributed by atoms with E-state index in [1.54, 1.807) is 0 Å². The lowest BCUT2D eigenvalue weighted by Gasteiger charge is -2.26. The lowest BCUT2D eigenvalue weighted by molar-refractivity contribution is 0.0947. The molecule has 2 heterocycles. The number of carbonyl (C=O) groups is 1. The molecule has 0 saturated heterocycles. The Labute approximate surface area is 96.2 Å². The van der Waals surface area contributed by atoms with Crippen molar-refractivity contribution in [2.24, 2.45) is 0 Å². The quantitative estimate of drug-likeness (QED) is 0.620. The van der Waals surface area contributed by atoms with Gasteiger partial charge in [0.25, 0.3) is 5.91 Å². The number of hydrogen-bond acceptors (Lipinski definition) is 3. The Kier molecular flexibility index (Phi) is 2.41. The van der Waals surface area contributed by atoms with Gasteiger partial charge in [0.2, 0.25) is 0 Å². The molecule has 0 radical (unpaired) electrons. The number of aromatic nitrogens is 1. The summed E-state index contributed by atoms with van der Waals surface area (Å²) in [6.45, 7) is 6.32. The van der Waals surface area contributed by atoms with Gasteiger partial charge >= 0.3 is 0 Å². The molecule has 0 fully saturated rings. The Bertz CT molecular complexity index is 439. The Morgan fingerprint density at radius 1 is 1.31 bits per heavy atom. The molecule has 5 heteroatoms. The van der Waals surface area contributed by atoms with E-state index in [4.69, 9.17) is 0 Å². The van der Waals surface area contributed by atoms with Gasteiger partial charge in [0.15, 0.2) is 7.85 Å². The molecular formula is C11H16BN3O. The van der Waals surface area contributed by atoms with Gasteiger partial charge in [-0.25, -0.2) is 4.98 Å². The Hall–Kier alpha value is -1.52. The Morgan fingerprint density at radius 3 is 2.62 bits per heavy atom. The number of fused-ring (bicyclic) bond motifs is 1. The second-order valence-electron chi connectivity index (χ2n) is 5.18. The summed E-state index contributed by atoms with van der Waals surface area (Å²) in [6.07, 6.45) is 0. The van der Waals surface area contributed by atoms with Gasteiger partial charge < -0.3 is 10.6 Å². The minimum absolute atomic E-state index is 0.00608. The molecule has 0 bridgehead atoms. The molecule has 4 nitrogen and oxygen atoms in total. The molecule has 1 aromatic rings. The lowest BCUT2D eigenvalue weighted by Crippen LogP contribution is -2.45. The van der Waals surface area contributed by atoms with Crippen molar-refractivity contribution < 1.29 is 4.79 Å². The van der Waals surface area contributed by atoms with E-state index in [2.05, 4.69) is 36.4 Å². The zero-order chi connectivity index (χ0) is 11.9. The monoisotopic (exact) mass is 217 g/mol. The highest BCUT2D eigenvalue weighted by atomic mass is 16.2.